The first-order valence-corrected chi connectivity index (χ1v) is 9.02. The predicted molar refractivity (Wildman–Crippen MR) is 95.2 cm³/mol. The SMILES string of the molecule is COc1ccc(NC(=O)CN2C(=O)NC(CCSC)C2=O)cc1OC. The Kier molecular flexibility index (Phi) is 6.51. The molecule has 1 fully saturated rings. The van der Waals surface area contributed by atoms with Crippen LogP contribution in [0.25, 0.3) is 0 Å². The first-order chi connectivity index (χ1) is 12.0. The van der Waals surface area contributed by atoms with Crippen LogP contribution >= 0.6 is 11.8 Å². The highest BCUT2D eigenvalue weighted by molar-refractivity contribution is 7.98. The van der Waals surface area contributed by atoms with Crippen molar-refractivity contribution in [2.24, 2.45) is 0 Å². The molecule has 0 bridgehead atoms. The van der Waals surface area contributed by atoms with E-state index in [9.17, 15) is 14.4 Å². The monoisotopic (exact) mass is 367 g/mol. The molecule has 1 saturated heterocycles. The molecule has 25 heavy (non-hydrogen) atoms. The van der Waals surface area contributed by atoms with Gasteiger partial charge in [0.05, 0.1) is 14.2 Å². The molecule has 0 aromatic heterocycles. The molecular weight excluding hydrogens is 346 g/mol. The molecule has 1 aromatic rings. The van der Waals surface area contributed by atoms with Crippen molar-refractivity contribution in [2.75, 3.05) is 38.1 Å². The summed E-state index contributed by atoms with van der Waals surface area (Å²) in [5, 5.41) is 5.24. The summed E-state index contributed by atoms with van der Waals surface area (Å²) < 4.78 is 10.3. The van der Waals surface area contributed by atoms with Gasteiger partial charge < -0.3 is 20.1 Å². The van der Waals surface area contributed by atoms with Gasteiger partial charge in [0.2, 0.25) is 5.91 Å². The van der Waals surface area contributed by atoms with Crippen molar-refractivity contribution >= 4 is 35.3 Å². The molecule has 9 heteroatoms. The molecule has 1 heterocycles. The molecule has 2 N–H and O–H groups in total. The lowest BCUT2D eigenvalue weighted by Gasteiger charge is -2.14. The van der Waals surface area contributed by atoms with E-state index in [2.05, 4.69) is 10.6 Å². The van der Waals surface area contributed by atoms with Gasteiger partial charge in [0.1, 0.15) is 12.6 Å². The molecule has 4 amide bonds. The van der Waals surface area contributed by atoms with Gasteiger partial charge in [0, 0.05) is 11.8 Å². The van der Waals surface area contributed by atoms with Crippen LogP contribution in [-0.2, 0) is 9.59 Å². The molecule has 1 aromatic carbocycles. The fraction of sp³-hybridized carbons (Fsp3) is 0.438. The lowest BCUT2D eigenvalue weighted by molar-refractivity contribution is -0.130. The third kappa shape index (κ3) is 4.56. The number of imide groups is 1. The first-order valence-electron chi connectivity index (χ1n) is 7.62. The Morgan fingerprint density at radius 3 is 2.64 bits per heavy atom. The van der Waals surface area contributed by atoms with Crippen molar-refractivity contribution in [1.82, 2.24) is 10.2 Å². The van der Waals surface area contributed by atoms with Crippen LogP contribution in [0.2, 0.25) is 0 Å². The van der Waals surface area contributed by atoms with E-state index in [1.807, 2.05) is 6.26 Å². The molecule has 0 saturated carbocycles. The van der Waals surface area contributed by atoms with Gasteiger partial charge in [-0.05, 0) is 30.6 Å². The molecule has 1 unspecified atom stereocenters. The number of carbonyl (C=O) groups is 3. The minimum atomic E-state index is -0.561. The van der Waals surface area contributed by atoms with E-state index in [0.717, 1.165) is 10.7 Å². The van der Waals surface area contributed by atoms with Crippen molar-refractivity contribution in [2.45, 2.75) is 12.5 Å². The average molecular weight is 367 g/mol. The summed E-state index contributed by atoms with van der Waals surface area (Å²) in [6, 6.07) is 3.80. The van der Waals surface area contributed by atoms with E-state index in [4.69, 9.17) is 9.47 Å². The van der Waals surface area contributed by atoms with E-state index in [1.165, 1.54) is 14.2 Å². The molecule has 2 rings (SSSR count). The molecule has 1 aliphatic rings. The summed E-state index contributed by atoms with van der Waals surface area (Å²) >= 11 is 1.59. The number of nitrogens with zero attached hydrogens (tertiary/aromatic N) is 1. The van der Waals surface area contributed by atoms with E-state index < -0.39 is 18.0 Å². The second-order valence-corrected chi connectivity index (χ2v) is 6.31. The molecule has 0 radical (unpaired) electrons. The second kappa shape index (κ2) is 8.61. The number of ether oxygens (including phenoxy) is 2. The Labute approximate surface area is 150 Å². The fourth-order valence-corrected chi connectivity index (χ4v) is 2.89. The normalized spacial score (nSPS) is 16.6. The van der Waals surface area contributed by atoms with E-state index in [-0.39, 0.29) is 12.5 Å². The van der Waals surface area contributed by atoms with Gasteiger partial charge >= 0.3 is 6.03 Å². The third-order valence-corrected chi connectivity index (χ3v) is 4.33. The highest BCUT2D eigenvalue weighted by Gasteiger charge is 2.38. The Hall–Kier alpha value is -2.42. The molecular formula is C16H21N3O5S. The number of methoxy groups -OCH3 is 2. The summed E-state index contributed by atoms with van der Waals surface area (Å²) in [5.74, 6) is 0.906. The Balaban J connectivity index is 1.98. The highest BCUT2D eigenvalue weighted by atomic mass is 32.2. The van der Waals surface area contributed by atoms with Crippen LogP contribution in [0.3, 0.4) is 0 Å². The number of hydrogen-bond acceptors (Lipinski definition) is 6. The maximum absolute atomic E-state index is 12.2. The molecule has 1 aliphatic heterocycles. The summed E-state index contributed by atoms with van der Waals surface area (Å²) in [7, 11) is 3.01. The maximum atomic E-state index is 12.2. The predicted octanol–water partition coefficient (Wildman–Crippen LogP) is 1.32. The number of hydrogen-bond donors (Lipinski definition) is 2. The van der Waals surface area contributed by atoms with Crippen LogP contribution in [0.1, 0.15) is 6.42 Å². The molecule has 8 nitrogen and oxygen atoms in total. The van der Waals surface area contributed by atoms with Crippen molar-refractivity contribution < 1.29 is 23.9 Å². The zero-order valence-corrected chi connectivity index (χ0v) is 15.1. The van der Waals surface area contributed by atoms with E-state index >= 15 is 0 Å². The van der Waals surface area contributed by atoms with Crippen LogP contribution in [0.5, 0.6) is 11.5 Å². The number of thioether (sulfide) groups is 1. The van der Waals surface area contributed by atoms with Crippen LogP contribution in [0, 0.1) is 0 Å². The van der Waals surface area contributed by atoms with Gasteiger partial charge in [-0.2, -0.15) is 11.8 Å². The number of rotatable bonds is 8. The Bertz CT molecular complexity index is 667. The van der Waals surface area contributed by atoms with Crippen molar-refractivity contribution in [3.05, 3.63) is 18.2 Å². The maximum Gasteiger partial charge on any atom is 0.325 e. The lowest BCUT2D eigenvalue weighted by Crippen LogP contribution is -2.38. The summed E-state index contributed by atoms with van der Waals surface area (Å²) in [6.45, 7) is -0.339. The molecule has 1 atom stereocenters. The summed E-state index contributed by atoms with van der Waals surface area (Å²) in [4.78, 5) is 37.2. The van der Waals surface area contributed by atoms with Gasteiger partial charge in [0.15, 0.2) is 11.5 Å². The average Bonchev–Trinajstić information content (AvgIpc) is 2.87. The second-order valence-electron chi connectivity index (χ2n) is 5.33. The molecule has 0 spiro atoms. The topological polar surface area (TPSA) is 97.0 Å². The fourth-order valence-electron chi connectivity index (χ4n) is 2.42. The van der Waals surface area contributed by atoms with Gasteiger partial charge in [-0.3, -0.25) is 14.5 Å². The lowest BCUT2D eigenvalue weighted by atomic mass is 10.2. The van der Waals surface area contributed by atoms with Gasteiger partial charge in [-0.1, -0.05) is 0 Å². The number of urea groups is 1. The van der Waals surface area contributed by atoms with Crippen LogP contribution in [-0.4, -0.2) is 61.6 Å². The molecule has 136 valence electrons. The van der Waals surface area contributed by atoms with Crippen molar-refractivity contribution in [3.63, 3.8) is 0 Å². The van der Waals surface area contributed by atoms with Crippen molar-refractivity contribution in [1.29, 1.82) is 0 Å². The number of carbonyl (C=O) groups excluding carboxylic acids is 3. The van der Waals surface area contributed by atoms with Crippen LogP contribution in [0.15, 0.2) is 18.2 Å². The van der Waals surface area contributed by atoms with E-state index in [1.54, 1.807) is 30.0 Å². The van der Waals surface area contributed by atoms with Gasteiger partial charge in [-0.15, -0.1) is 0 Å². The number of benzene rings is 1. The third-order valence-electron chi connectivity index (χ3n) is 3.69. The Morgan fingerprint density at radius 2 is 2.00 bits per heavy atom. The quantitative estimate of drug-likeness (QED) is 0.673. The zero-order valence-electron chi connectivity index (χ0n) is 14.3. The minimum Gasteiger partial charge on any atom is -0.493 e. The first kappa shape index (κ1) is 18.9. The minimum absolute atomic E-state index is 0.339. The van der Waals surface area contributed by atoms with Crippen LogP contribution in [0.4, 0.5) is 10.5 Å². The zero-order chi connectivity index (χ0) is 18.4. The van der Waals surface area contributed by atoms with Gasteiger partial charge in [-0.25, -0.2) is 4.79 Å². The number of amides is 4. The highest BCUT2D eigenvalue weighted by Crippen LogP contribution is 2.29. The van der Waals surface area contributed by atoms with Crippen molar-refractivity contribution in [3.8, 4) is 11.5 Å². The largest absolute Gasteiger partial charge is 0.493 e. The molecule has 0 aliphatic carbocycles. The summed E-state index contributed by atoms with van der Waals surface area (Å²) in [5.41, 5.74) is 0.480. The summed E-state index contributed by atoms with van der Waals surface area (Å²) in [6.07, 6.45) is 2.47. The Morgan fingerprint density at radius 1 is 1.28 bits per heavy atom. The standard InChI is InChI=1S/C16H21N3O5S/c1-23-12-5-4-10(8-13(12)24-2)17-14(20)9-19-15(21)11(6-7-25-3)18-16(19)22/h4-5,8,11H,6-7,9H2,1-3H3,(H,17,20)(H,18,22). The smallest absolute Gasteiger partial charge is 0.325 e. The van der Waals surface area contributed by atoms with Crippen LogP contribution < -0.4 is 20.1 Å². The number of nitrogens with one attached hydrogen (secondary N) is 2. The van der Waals surface area contributed by atoms with Gasteiger partial charge in [0.25, 0.3) is 5.91 Å². The van der Waals surface area contributed by atoms with E-state index in [0.29, 0.717) is 23.6 Å². The number of anilines is 1.